The molecule has 122 valence electrons. The molecule has 2 aliphatic heterocycles. The largest absolute Gasteiger partial charge is 0.480 e. The standard InChI is InChI=1S/C14H15N3O5S/c1-14(2)9(13(21)22)17-11(20)7(12(17)23-14)16-10(19)8(18)6-4-3-5-15-6/h3-5,7,9,12,15H,1-2H3,(H,16,19)(H,21,22)/t7-,9-,12-/m1/s1. The molecule has 3 heterocycles. The second-order valence-electron chi connectivity index (χ2n) is 5.96. The summed E-state index contributed by atoms with van der Waals surface area (Å²) in [5.41, 5.74) is 0.133. The lowest BCUT2D eigenvalue weighted by atomic mass is 9.96. The molecule has 3 N–H and O–H groups in total. The van der Waals surface area contributed by atoms with Crippen LogP contribution in [0.2, 0.25) is 0 Å². The number of aromatic nitrogens is 1. The van der Waals surface area contributed by atoms with Gasteiger partial charge in [0.2, 0.25) is 5.91 Å². The van der Waals surface area contributed by atoms with E-state index in [0.29, 0.717) is 0 Å². The van der Waals surface area contributed by atoms with Gasteiger partial charge < -0.3 is 20.3 Å². The number of hydrogen-bond donors (Lipinski definition) is 3. The zero-order valence-corrected chi connectivity index (χ0v) is 13.2. The summed E-state index contributed by atoms with van der Waals surface area (Å²) >= 11 is 1.31. The lowest BCUT2D eigenvalue weighted by Crippen LogP contribution is -2.71. The highest BCUT2D eigenvalue weighted by Gasteiger charge is 2.64. The molecule has 23 heavy (non-hydrogen) atoms. The molecule has 3 atom stereocenters. The van der Waals surface area contributed by atoms with Crippen molar-refractivity contribution in [3.8, 4) is 0 Å². The summed E-state index contributed by atoms with van der Waals surface area (Å²) in [4.78, 5) is 51.4. The SMILES string of the molecule is CC1(C)S[C@@H]2[C@H](NC(=O)C(=O)c3ccc[nH]3)C(=O)N2[C@@H]1C(=O)O. The molecular weight excluding hydrogens is 322 g/mol. The highest BCUT2D eigenvalue weighted by atomic mass is 32.2. The van der Waals surface area contributed by atoms with Gasteiger partial charge in [-0.15, -0.1) is 11.8 Å². The quantitative estimate of drug-likeness (QED) is 0.399. The topological polar surface area (TPSA) is 120 Å². The average molecular weight is 337 g/mol. The molecule has 2 amide bonds. The molecule has 0 aliphatic carbocycles. The van der Waals surface area contributed by atoms with Gasteiger partial charge in [-0.2, -0.15) is 0 Å². The molecule has 0 saturated carbocycles. The van der Waals surface area contributed by atoms with Crippen LogP contribution in [0.1, 0.15) is 24.3 Å². The third kappa shape index (κ3) is 2.31. The number of nitrogens with zero attached hydrogens (tertiary/aromatic N) is 1. The Balaban J connectivity index is 1.72. The second kappa shape index (κ2) is 5.12. The van der Waals surface area contributed by atoms with E-state index in [4.69, 9.17) is 0 Å². The van der Waals surface area contributed by atoms with E-state index in [-0.39, 0.29) is 5.69 Å². The van der Waals surface area contributed by atoms with E-state index in [1.54, 1.807) is 19.9 Å². The molecule has 0 radical (unpaired) electrons. The van der Waals surface area contributed by atoms with Crippen LogP contribution in [0.5, 0.6) is 0 Å². The zero-order chi connectivity index (χ0) is 16.9. The van der Waals surface area contributed by atoms with Gasteiger partial charge in [0.25, 0.3) is 11.7 Å². The van der Waals surface area contributed by atoms with Crippen molar-refractivity contribution in [3.05, 3.63) is 24.0 Å². The van der Waals surface area contributed by atoms with Gasteiger partial charge >= 0.3 is 5.97 Å². The van der Waals surface area contributed by atoms with Gasteiger partial charge in [-0.25, -0.2) is 4.79 Å². The van der Waals surface area contributed by atoms with Crippen molar-refractivity contribution >= 4 is 35.3 Å². The van der Waals surface area contributed by atoms with E-state index < -0.39 is 45.8 Å². The number of Topliss-reactive ketones (excluding diaryl/α,β-unsaturated/α-hetero) is 1. The number of aromatic amines is 1. The van der Waals surface area contributed by atoms with E-state index in [1.165, 1.54) is 28.9 Å². The van der Waals surface area contributed by atoms with Crippen molar-refractivity contribution < 1.29 is 24.3 Å². The Labute approximate surface area is 135 Å². The summed E-state index contributed by atoms with van der Waals surface area (Å²) in [6, 6.07) is 1.22. The lowest BCUT2D eigenvalue weighted by Gasteiger charge is -2.43. The maximum absolute atomic E-state index is 12.2. The van der Waals surface area contributed by atoms with Gasteiger partial charge in [-0.1, -0.05) is 0 Å². The van der Waals surface area contributed by atoms with Crippen LogP contribution < -0.4 is 5.32 Å². The molecule has 0 bridgehead atoms. The first-order chi connectivity index (χ1) is 10.7. The fourth-order valence-electron chi connectivity index (χ4n) is 2.95. The number of rotatable bonds is 4. The summed E-state index contributed by atoms with van der Waals surface area (Å²) in [5.74, 6) is -3.21. The number of hydrogen-bond acceptors (Lipinski definition) is 5. The van der Waals surface area contributed by atoms with Crippen LogP contribution in [0, 0.1) is 0 Å². The molecule has 8 nitrogen and oxygen atoms in total. The molecule has 2 fully saturated rings. The van der Waals surface area contributed by atoms with E-state index in [1.807, 2.05) is 0 Å². The molecule has 2 saturated heterocycles. The molecule has 0 unspecified atom stereocenters. The second-order valence-corrected chi connectivity index (χ2v) is 7.73. The fourth-order valence-corrected chi connectivity index (χ4v) is 4.57. The first-order valence-electron chi connectivity index (χ1n) is 6.95. The van der Waals surface area contributed by atoms with Gasteiger partial charge in [0.15, 0.2) is 0 Å². The minimum absolute atomic E-state index is 0.133. The van der Waals surface area contributed by atoms with Gasteiger partial charge in [0.1, 0.15) is 17.5 Å². The number of carboxylic acid groups (broad SMARTS) is 1. The third-order valence-corrected chi connectivity index (χ3v) is 5.58. The smallest absolute Gasteiger partial charge is 0.327 e. The monoisotopic (exact) mass is 337 g/mol. The molecule has 2 aliphatic rings. The van der Waals surface area contributed by atoms with E-state index in [9.17, 15) is 24.3 Å². The number of aliphatic carboxylic acids is 1. The van der Waals surface area contributed by atoms with Gasteiger partial charge in [0.05, 0.1) is 5.69 Å². The fraction of sp³-hybridized carbons (Fsp3) is 0.429. The zero-order valence-electron chi connectivity index (χ0n) is 12.4. The summed E-state index contributed by atoms with van der Waals surface area (Å²) in [5, 5.41) is 11.3. The van der Waals surface area contributed by atoms with Crippen molar-refractivity contribution in [3.63, 3.8) is 0 Å². The molecule has 0 spiro atoms. The van der Waals surface area contributed by atoms with Gasteiger partial charge in [-0.05, 0) is 26.0 Å². The van der Waals surface area contributed by atoms with Crippen LogP contribution in [0.3, 0.4) is 0 Å². The van der Waals surface area contributed by atoms with Crippen LogP contribution in [0.4, 0.5) is 0 Å². The van der Waals surface area contributed by atoms with Crippen molar-refractivity contribution in [2.24, 2.45) is 0 Å². The average Bonchev–Trinajstić information content (AvgIpc) is 3.08. The molecular formula is C14H15N3O5S. The Kier molecular flexibility index (Phi) is 3.47. The molecule has 1 aromatic heterocycles. The molecule has 3 rings (SSSR count). The minimum atomic E-state index is -1.08. The van der Waals surface area contributed by atoms with E-state index in [0.717, 1.165) is 0 Å². The number of carboxylic acids is 1. The summed E-state index contributed by atoms with van der Waals surface area (Å²) in [6.45, 7) is 3.48. The van der Waals surface area contributed by atoms with Gasteiger partial charge in [-0.3, -0.25) is 14.4 Å². The molecule has 9 heteroatoms. The van der Waals surface area contributed by atoms with E-state index >= 15 is 0 Å². The van der Waals surface area contributed by atoms with Crippen LogP contribution >= 0.6 is 11.8 Å². The Morgan fingerprint density at radius 3 is 2.65 bits per heavy atom. The van der Waals surface area contributed by atoms with E-state index in [2.05, 4.69) is 10.3 Å². The minimum Gasteiger partial charge on any atom is -0.480 e. The first-order valence-corrected chi connectivity index (χ1v) is 7.83. The maximum Gasteiger partial charge on any atom is 0.327 e. The molecule has 0 aromatic carbocycles. The predicted octanol–water partition coefficient (Wildman–Crippen LogP) is -0.171. The van der Waals surface area contributed by atoms with Crippen molar-refractivity contribution in [2.75, 3.05) is 0 Å². The number of β-lactam (4-membered cyclic amide) rings is 1. The number of H-pyrrole nitrogens is 1. The summed E-state index contributed by atoms with van der Waals surface area (Å²) < 4.78 is -0.672. The number of ketones is 1. The number of nitrogens with one attached hydrogen (secondary N) is 2. The molecule has 1 aromatic rings. The Morgan fingerprint density at radius 1 is 1.39 bits per heavy atom. The van der Waals surface area contributed by atoms with Crippen molar-refractivity contribution in [2.45, 2.75) is 36.1 Å². The first kappa shape index (κ1) is 15.6. The number of thioether (sulfide) groups is 1. The number of carbonyl (C=O) groups is 4. The summed E-state index contributed by atoms with van der Waals surface area (Å²) in [6.07, 6.45) is 1.52. The highest BCUT2D eigenvalue weighted by molar-refractivity contribution is 8.01. The normalized spacial score (nSPS) is 28.0. The number of carbonyl (C=O) groups excluding carboxylic acids is 3. The Hall–Kier alpha value is -2.29. The lowest BCUT2D eigenvalue weighted by molar-refractivity contribution is -0.160. The van der Waals surface area contributed by atoms with Crippen molar-refractivity contribution in [1.29, 1.82) is 0 Å². The highest BCUT2D eigenvalue weighted by Crippen LogP contribution is 2.50. The summed E-state index contributed by atoms with van der Waals surface area (Å²) in [7, 11) is 0. The van der Waals surface area contributed by atoms with Crippen molar-refractivity contribution in [1.82, 2.24) is 15.2 Å². The van der Waals surface area contributed by atoms with Crippen LogP contribution in [-0.2, 0) is 14.4 Å². The number of fused-ring (bicyclic) bond motifs is 1. The third-order valence-electron chi connectivity index (χ3n) is 4.01. The Bertz CT molecular complexity index is 699. The predicted molar refractivity (Wildman–Crippen MR) is 80.8 cm³/mol. The van der Waals surface area contributed by atoms with Gasteiger partial charge in [0, 0.05) is 10.9 Å². The van der Waals surface area contributed by atoms with Crippen LogP contribution in [0.25, 0.3) is 0 Å². The Morgan fingerprint density at radius 2 is 2.09 bits per heavy atom. The maximum atomic E-state index is 12.2. The number of amides is 2. The van der Waals surface area contributed by atoms with Crippen LogP contribution in [-0.4, -0.2) is 60.8 Å². The van der Waals surface area contributed by atoms with Crippen LogP contribution in [0.15, 0.2) is 18.3 Å².